The van der Waals surface area contributed by atoms with Crippen molar-refractivity contribution >= 4 is 30.5 Å². The molecule has 0 spiro atoms. The standard InChI is InChI=1S/C16H24N5O8P/c17-16-19-14-13(15(25)20-16)18-8-21(14)11-5-9(10(6-22)29-11)28-3-1-2-4-30(26,27)7-12(23)24/h8-11,22H,1-7H2,(H,23,24)(H,26,27)(H3,17,19,20,25)/t9-,10+,11+/m0/s1. The maximum atomic E-state index is 11.9. The van der Waals surface area contributed by atoms with E-state index in [1.54, 1.807) is 4.57 Å². The molecule has 1 aliphatic rings. The van der Waals surface area contributed by atoms with E-state index in [1.165, 1.54) is 6.33 Å². The summed E-state index contributed by atoms with van der Waals surface area (Å²) in [6.07, 6.45) is 0.0820. The summed E-state index contributed by atoms with van der Waals surface area (Å²) in [4.78, 5) is 42.6. The summed E-state index contributed by atoms with van der Waals surface area (Å²) in [5.74, 6) is -1.36. The van der Waals surface area contributed by atoms with Gasteiger partial charge in [0.15, 0.2) is 11.2 Å². The number of nitrogens with zero attached hydrogens (tertiary/aromatic N) is 3. The molecule has 1 aliphatic heterocycles. The first-order valence-electron chi connectivity index (χ1n) is 9.33. The van der Waals surface area contributed by atoms with Crippen LogP contribution in [0.4, 0.5) is 5.95 Å². The number of aliphatic carboxylic acids is 1. The number of aromatic nitrogens is 4. The van der Waals surface area contributed by atoms with Crippen molar-refractivity contribution in [2.75, 3.05) is 31.3 Å². The number of carbonyl (C=O) groups is 1. The van der Waals surface area contributed by atoms with Gasteiger partial charge < -0.3 is 30.3 Å². The molecule has 0 aromatic carbocycles. The second-order valence-electron chi connectivity index (χ2n) is 7.06. The Bertz CT molecular complexity index is 1010. The first kappa shape index (κ1) is 22.4. The molecule has 0 radical (unpaired) electrons. The third-order valence-electron chi connectivity index (χ3n) is 4.74. The Morgan fingerprint density at radius 3 is 2.93 bits per heavy atom. The lowest BCUT2D eigenvalue weighted by Gasteiger charge is -2.16. The number of hydrogen-bond donors (Lipinski definition) is 5. The number of aliphatic hydroxyl groups is 1. The van der Waals surface area contributed by atoms with Gasteiger partial charge in [-0.15, -0.1) is 0 Å². The van der Waals surface area contributed by atoms with E-state index in [2.05, 4.69) is 15.0 Å². The van der Waals surface area contributed by atoms with Gasteiger partial charge in [-0.1, -0.05) is 0 Å². The predicted octanol–water partition coefficient (Wildman–Crippen LogP) is -0.498. The van der Waals surface area contributed by atoms with E-state index in [9.17, 15) is 24.2 Å². The summed E-state index contributed by atoms with van der Waals surface area (Å²) in [6.45, 7) is -0.0335. The second-order valence-corrected chi connectivity index (χ2v) is 9.52. The van der Waals surface area contributed by atoms with Crippen LogP contribution in [-0.2, 0) is 18.8 Å². The molecule has 13 nitrogen and oxygen atoms in total. The molecular weight excluding hydrogens is 421 g/mol. The van der Waals surface area contributed by atoms with Crippen molar-refractivity contribution in [1.29, 1.82) is 0 Å². The van der Waals surface area contributed by atoms with Crippen LogP contribution in [0.25, 0.3) is 11.2 Å². The highest BCUT2D eigenvalue weighted by molar-refractivity contribution is 7.58. The zero-order valence-corrected chi connectivity index (χ0v) is 16.9. The number of hydrogen-bond acceptors (Lipinski definition) is 9. The summed E-state index contributed by atoms with van der Waals surface area (Å²) in [7, 11) is -3.68. The van der Waals surface area contributed by atoms with Crippen LogP contribution in [-0.4, -0.2) is 78.3 Å². The molecule has 1 saturated heterocycles. The Labute approximate surface area is 170 Å². The van der Waals surface area contributed by atoms with Crippen molar-refractivity contribution in [3.63, 3.8) is 0 Å². The fourth-order valence-corrected chi connectivity index (χ4v) is 4.65. The third kappa shape index (κ3) is 5.24. The molecule has 3 heterocycles. The zero-order valence-electron chi connectivity index (χ0n) is 16.0. The van der Waals surface area contributed by atoms with Gasteiger partial charge in [-0.2, -0.15) is 4.98 Å². The van der Waals surface area contributed by atoms with E-state index in [1.807, 2.05) is 0 Å². The number of aliphatic hydroxyl groups excluding tert-OH is 1. The van der Waals surface area contributed by atoms with Crippen molar-refractivity contribution in [3.05, 3.63) is 16.7 Å². The Morgan fingerprint density at radius 1 is 1.47 bits per heavy atom. The largest absolute Gasteiger partial charge is 0.481 e. The molecule has 6 N–H and O–H groups in total. The number of nitrogen functional groups attached to an aromatic ring is 1. The number of aromatic amines is 1. The minimum Gasteiger partial charge on any atom is -0.481 e. The van der Waals surface area contributed by atoms with Gasteiger partial charge in [-0.25, -0.2) is 4.98 Å². The van der Waals surface area contributed by atoms with E-state index in [0.717, 1.165) is 0 Å². The summed E-state index contributed by atoms with van der Waals surface area (Å²) in [5.41, 5.74) is 5.51. The maximum absolute atomic E-state index is 11.9. The van der Waals surface area contributed by atoms with Gasteiger partial charge in [0.05, 0.1) is 19.0 Å². The first-order chi connectivity index (χ1) is 14.2. The van der Waals surface area contributed by atoms with E-state index in [0.29, 0.717) is 19.3 Å². The number of unbranched alkanes of at least 4 members (excludes halogenated alkanes) is 1. The summed E-state index contributed by atoms with van der Waals surface area (Å²) < 4.78 is 24.8. The van der Waals surface area contributed by atoms with Crippen molar-refractivity contribution in [2.45, 2.75) is 37.7 Å². The Kier molecular flexibility index (Phi) is 6.88. The fourth-order valence-electron chi connectivity index (χ4n) is 3.35. The predicted molar refractivity (Wildman–Crippen MR) is 104 cm³/mol. The average molecular weight is 445 g/mol. The number of ether oxygens (including phenoxy) is 2. The number of nitrogens with two attached hydrogens (primary N) is 1. The minimum atomic E-state index is -3.68. The zero-order chi connectivity index (χ0) is 21.9. The van der Waals surface area contributed by atoms with Crippen molar-refractivity contribution in [3.8, 4) is 0 Å². The quantitative estimate of drug-likeness (QED) is 0.233. The normalized spacial score (nSPS) is 23.6. The molecule has 0 bridgehead atoms. The number of carboxylic acid groups (broad SMARTS) is 1. The number of imidazole rings is 1. The van der Waals surface area contributed by atoms with Crippen LogP contribution >= 0.6 is 7.37 Å². The average Bonchev–Trinajstić information content (AvgIpc) is 3.23. The van der Waals surface area contributed by atoms with Crippen LogP contribution in [0.5, 0.6) is 0 Å². The topological polar surface area (TPSA) is 203 Å². The van der Waals surface area contributed by atoms with Crippen molar-refractivity contribution in [1.82, 2.24) is 19.5 Å². The molecule has 2 aromatic rings. The SMILES string of the molecule is Nc1nc2c(ncn2[C@H]2C[C@H](OCCCCP(=O)(O)CC(=O)O)[C@@H](CO)O2)c(=O)[nH]1. The lowest BCUT2D eigenvalue weighted by molar-refractivity contribution is -0.134. The van der Waals surface area contributed by atoms with E-state index in [-0.39, 0.29) is 36.5 Å². The summed E-state index contributed by atoms with van der Waals surface area (Å²) in [6, 6.07) is 0. The molecule has 3 rings (SSSR count). The highest BCUT2D eigenvalue weighted by Crippen LogP contribution is 2.41. The van der Waals surface area contributed by atoms with Crippen molar-refractivity contribution < 1.29 is 33.9 Å². The van der Waals surface area contributed by atoms with E-state index >= 15 is 0 Å². The van der Waals surface area contributed by atoms with Crippen LogP contribution in [0.3, 0.4) is 0 Å². The van der Waals surface area contributed by atoms with Crippen LogP contribution in [0.1, 0.15) is 25.5 Å². The number of nitrogens with one attached hydrogen (secondary N) is 1. The van der Waals surface area contributed by atoms with Crippen molar-refractivity contribution in [2.24, 2.45) is 0 Å². The van der Waals surface area contributed by atoms with Crippen LogP contribution in [0.15, 0.2) is 11.1 Å². The lowest BCUT2D eigenvalue weighted by atomic mass is 10.2. The molecule has 1 unspecified atom stereocenters. The van der Waals surface area contributed by atoms with Gasteiger partial charge in [-0.3, -0.25) is 23.7 Å². The molecule has 0 aliphatic carbocycles. The molecule has 0 saturated carbocycles. The Morgan fingerprint density at radius 2 is 2.23 bits per heavy atom. The number of anilines is 1. The van der Waals surface area contributed by atoms with Crippen LogP contribution in [0, 0.1) is 0 Å². The molecular formula is C16H24N5O8P. The highest BCUT2D eigenvalue weighted by atomic mass is 31.2. The second kappa shape index (κ2) is 9.23. The van der Waals surface area contributed by atoms with Gasteiger partial charge in [0, 0.05) is 19.2 Å². The number of H-pyrrole nitrogens is 1. The lowest BCUT2D eigenvalue weighted by Crippen LogP contribution is -2.28. The van der Waals surface area contributed by atoms with Gasteiger partial charge in [0.2, 0.25) is 13.3 Å². The maximum Gasteiger partial charge on any atom is 0.313 e. The monoisotopic (exact) mass is 445 g/mol. The van der Waals surface area contributed by atoms with Gasteiger partial charge in [0.25, 0.3) is 5.56 Å². The van der Waals surface area contributed by atoms with Crippen LogP contribution in [0.2, 0.25) is 0 Å². The third-order valence-corrected chi connectivity index (χ3v) is 6.52. The van der Waals surface area contributed by atoms with E-state index in [4.69, 9.17) is 20.3 Å². The smallest absolute Gasteiger partial charge is 0.313 e. The first-order valence-corrected chi connectivity index (χ1v) is 11.4. The highest BCUT2D eigenvalue weighted by Gasteiger charge is 2.37. The minimum absolute atomic E-state index is 0.0529. The molecule has 1 fully saturated rings. The fraction of sp³-hybridized carbons (Fsp3) is 0.625. The van der Waals surface area contributed by atoms with Crippen LogP contribution < -0.4 is 11.3 Å². The molecule has 166 valence electrons. The number of fused-ring (bicyclic) bond motifs is 1. The van der Waals surface area contributed by atoms with Gasteiger partial charge in [-0.05, 0) is 12.8 Å². The molecule has 14 heteroatoms. The molecule has 0 amide bonds. The van der Waals surface area contributed by atoms with E-state index < -0.39 is 43.5 Å². The van der Waals surface area contributed by atoms with Gasteiger partial charge >= 0.3 is 5.97 Å². The molecule has 2 aromatic heterocycles. The Balaban J connectivity index is 1.56. The molecule has 30 heavy (non-hydrogen) atoms. The Hall–Kier alpha value is -2.31. The molecule has 4 atom stereocenters. The summed E-state index contributed by atoms with van der Waals surface area (Å²) >= 11 is 0. The summed E-state index contributed by atoms with van der Waals surface area (Å²) in [5, 5.41) is 18.2. The van der Waals surface area contributed by atoms with Gasteiger partial charge in [0.1, 0.15) is 18.5 Å². The number of carboxylic acids is 1. The number of rotatable bonds is 10.